The molecule has 3 aromatic rings. The Labute approximate surface area is 136 Å². The monoisotopic (exact) mass is 353 g/mol. The number of rotatable bonds is 2. The minimum absolute atomic E-state index is 0.0299. The largest absolute Gasteiger partial charge is 0.506 e. The highest BCUT2D eigenvalue weighted by Crippen LogP contribution is 2.34. The van der Waals surface area contributed by atoms with Crippen molar-refractivity contribution in [3.05, 3.63) is 58.7 Å². The highest BCUT2D eigenvalue weighted by atomic mass is 35.5. The summed E-state index contributed by atoms with van der Waals surface area (Å²) in [4.78, 5) is 3.83. The highest BCUT2D eigenvalue weighted by Gasteiger charge is 2.23. The predicted octanol–water partition coefficient (Wildman–Crippen LogP) is 4.08. The van der Waals surface area contributed by atoms with Gasteiger partial charge in [0, 0.05) is 15.4 Å². The molecule has 0 radical (unpaired) electrons. The number of aromatic nitrogens is 1. The van der Waals surface area contributed by atoms with Gasteiger partial charge in [-0.25, -0.2) is 8.42 Å². The van der Waals surface area contributed by atoms with Crippen LogP contribution in [0.4, 0.5) is 0 Å². The zero-order valence-corrected chi connectivity index (χ0v) is 13.3. The Morgan fingerprint density at radius 2 is 1.59 bits per heavy atom. The van der Waals surface area contributed by atoms with E-state index >= 15 is 0 Å². The molecule has 0 saturated heterocycles. The molecule has 0 saturated carbocycles. The molecule has 0 atom stereocenters. The van der Waals surface area contributed by atoms with E-state index in [0.29, 0.717) is 20.9 Å². The minimum Gasteiger partial charge on any atom is -0.506 e. The van der Waals surface area contributed by atoms with Crippen LogP contribution in [0.15, 0.2) is 58.5 Å². The number of hydrogen-bond acceptors (Lipinski definition) is 4. The lowest BCUT2D eigenvalue weighted by Gasteiger charge is -2.09. The maximum atomic E-state index is 12.6. The van der Waals surface area contributed by atoms with Gasteiger partial charge in [0.25, 0.3) is 0 Å². The van der Waals surface area contributed by atoms with Crippen molar-refractivity contribution >= 4 is 43.9 Å². The molecular formula is C15H9Cl2NO3S. The van der Waals surface area contributed by atoms with Crippen LogP contribution >= 0.6 is 23.2 Å². The second-order valence-electron chi connectivity index (χ2n) is 4.59. The van der Waals surface area contributed by atoms with Gasteiger partial charge in [-0.15, -0.1) is 0 Å². The van der Waals surface area contributed by atoms with Gasteiger partial charge in [0.1, 0.15) is 10.6 Å². The van der Waals surface area contributed by atoms with Gasteiger partial charge in [-0.1, -0.05) is 23.2 Å². The van der Waals surface area contributed by atoms with E-state index in [1.807, 2.05) is 0 Å². The van der Waals surface area contributed by atoms with Gasteiger partial charge in [-0.05, 0) is 42.5 Å². The first-order valence-electron chi connectivity index (χ1n) is 6.17. The third kappa shape index (κ3) is 2.52. The van der Waals surface area contributed by atoms with Crippen molar-refractivity contribution in [1.29, 1.82) is 0 Å². The maximum Gasteiger partial charge on any atom is 0.211 e. The van der Waals surface area contributed by atoms with Crippen LogP contribution in [0, 0.1) is 0 Å². The Morgan fingerprint density at radius 3 is 2.27 bits per heavy atom. The van der Waals surface area contributed by atoms with Crippen LogP contribution in [0.3, 0.4) is 0 Å². The molecule has 7 heteroatoms. The van der Waals surface area contributed by atoms with E-state index in [1.165, 1.54) is 30.3 Å². The second kappa shape index (κ2) is 5.43. The first kappa shape index (κ1) is 15.1. The Morgan fingerprint density at radius 1 is 0.955 bits per heavy atom. The average molecular weight is 354 g/mol. The number of fused-ring (bicyclic) bond motifs is 1. The van der Waals surface area contributed by atoms with Crippen LogP contribution in [-0.4, -0.2) is 18.5 Å². The van der Waals surface area contributed by atoms with Crippen LogP contribution in [0.2, 0.25) is 10.0 Å². The van der Waals surface area contributed by atoms with Gasteiger partial charge in [0.05, 0.1) is 16.6 Å². The molecule has 0 amide bonds. The molecule has 1 heterocycles. The lowest BCUT2D eigenvalue weighted by molar-refractivity contribution is 0.464. The molecule has 0 unspecified atom stereocenters. The third-order valence-electron chi connectivity index (χ3n) is 3.18. The van der Waals surface area contributed by atoms with E-state index in [9.17, 15) is 13.5 Å². The summed E-state index contributed by atoms with van der Waals surface area (Å²) < 4.78 is 25.2. The van der Waals surface area contributed by atoms with Crippen LogP contribution in [0.5, 0.6) is 5.75 Å². The first-order valence-corrected chi connectivity index (χ1v) is 8.41. The highest BCUT2D eigenvalue weighted by molar-refractivity contribution is 7.91. The van der Waals surface area contributed by atoms with E-state index in [1.54, 1.807) is 12.1 Å². The van der Waals surface area contributed by atoms with Gasteiger partial charge < -0.3 is 5.11 Å². The maximum absolute atomic E-state index is 12.6. The Balaban J connectivity index is 2.23. The summed E-state index contributed by atoms with van der Waals surface area (Å²) in [5.41, 5.74) is 0.417. The molecule has 0 aliphatic carbocycles. The quantitative estimate of drug-likeness (QED) is 0.753. The number of sulfone groups is 1. The minimum atomic E-state index is -3.89. The Hall–Kier alpha value is -1.82. The van der Waals surface area contributed by atoms with Crippen molar-refractivity contribution in [3.63, 3.8) is 0 Å². The molecule has 2 aromatic carbocycles. The van der Waals surface area contributed by atoms with E-state index in [2.05, 4.69) is 4.98 Å². The molecule has 0 aliphatic heterocycles. The van der Waals surface area contributed by atoms with E-state index < -0.39 is 9.84 Å². The number of hydrogen-bond donors (Lipinski definition) is 1. The van der Waals surface area contributed by atoms with Gasteiger partial charge in [0.2, 0.25) is 9.84 Å². The van der Waals surface area contributed by atoms with Crippen LogP contribution in [0.25, 0.3) is 10.9 Å². The van der Waals surface area contributed by atoms with Crippen molar-refractivity contribution in [2.24, 2.45) is 0 Å². The third-order valence-corrected chi connectivity index (χ3v) is 5.44. The fraction of sp³-hybridized carbons (Fsp3) is 0. The predicted molar refractivity (Wildman–Crippen MR) is 85.3 cm³/mol. The average Bonchev–Trinajstić information content (AvgIpc) is 2.47. The van der Waals surface area contributed by atoms with Crippen molar-refractivity contribution in [3.8, 4) is 5.75 Å². The smallest absolute Gasteiger partial charge is 0.211 e. The van der Waals surface area contributed by atoms with Crippen molar-refractivity contribution < 1.29 is 13.5 Å². The normalized spacial score (nSPS) is 11.7. The summed E-state index contributed by atoms with van der Waals surface area (Å²) in [6.07, 6.45) is 1.12. The van der Waals surface area contributed by atoms with E-state index in [-0.39, 0.29) is 15.5 Å². The summed E-state index contributed by atoms with van der Waals surface area (Å²) in [7, 11) is -3.89. The molecule has 0 bridgehead atoms. The zero-order chi connectivity index (χ0) is 15.9. The molecule has 1 aromatic heterocycles. The van der Waals surface area contributed by atoms with Crippen LogP contribution in [0.1, 0.15) is 0 Å². The molecule has 0 spiro atoms. The standard InChI is InChI=1S/C15H9Cl2NO3S/c16-9-1-4-11(5-2-9)22(20,21)14-8-18-13-7-10(17)3-6-12(13)15(14)19/h1-8H,(H,18,19). The molecule has 1 N–H and O–H groups in total. The number of nitrogens with zero attached hydrogens (tertiary/aromatic N) is 1. The molecular weight excluding hydrogens is 345 g/mol. The Kier molecular flexibility index (Phi) is 3.72. The fourth-order valence-electron chi connectivity index (χ4n) is 2.07. The topological polar surface area (TPSA) is 67.3 Å². The van der Waals surface area contributed by atoms with Crippen LogP contribution in [-0.2, 0) is 9.84 Å². The zero-order valence-electron chi connectivity index (χ0n) is 11.0. The van der Waals surface area contributed by atoms with Crippen molar-refractivity contribution in [2.75, 3.05) is 0 Å². The summed E-state index contributed by atoms with van der Waals surface area (Å²) >= 11 is 11.6. The van der Waals surface area contributed by atoms with E-state index in [4.69, 9.17) is 23.2 Å². The molecule has 22 heavy (non-hydrogen) atoms. The second-order valence-corrected chi connectivity index (χ2v) is 7.38. The van der Waals surface area contributed by atoms with Gasteiger partial charge in [0.15, 0.2) is 0 Å². The summed E-state index contributed by atoms with van der Waals surface area (Å²) in [6.45, 7) is 0. The fourth-order valence-corrected chi connectivity index (χ4v) is 3.67. The number of aromatic hydroxyl groups is 1. The van der Waals surface area contributed by atoms with Gasteiger partial charge in [-0.3, -0.25) is 4.98 Å². The SMILES string of the molecule is O=S(=O)(c1ccc(Cl)cc1)c1cnc2cc(Cl)ccc2c1O. The van der Waals surface area contributed by atoms with E-state index in [0.717, 1.165) is 6.20 Å². The lowest BCUT2D eigenvalue weighted by atomic mass is 10.2. The number of pyridine rings is 1. The number of halogens is 2. The molecule has 4 nitrogen and oxygen atoms in total. The van der Waals surface area contributed by atoms with Gasteiger partial charge >= 0.3 is 0 Å². The summed E-state index contributed by atoms with van der Waals surface area (Å²) in [6, 6.07) is 10.3. The summed E-state index contributed by atoms with van der Waals surface area (Å²) in [5, 5.41) is 11.5. The van der Waals surface area contributed by atoms with Crippen molar-refractivity contribution in [2.45, 2.75) is 9.79 Å². The van der Waals surface area contributed by atoms with Crippen molar-refractivity contribution in [1.82, 2.24) is 4.98 Å². The number of benzene rings is 2. The molecule has 3 rings (SSSR count). The molecule has 0 fully saturated rings. The van der Waals surface area contributed by atoms with Gasteiger partial charge in [-0.2, -0.15) is 0 Å². The Bertz CT molecular complexity index is 970. The van der Waals surface area contributed by atoms with Crippen LogP contribution < -0.4 is 0 Å². The summed E-state index contributed by atoms with van der Waals surface area (Å²) in [5.74, 6) is -0.350. The lowest BCUT2D eigenvalue weighted by Crippen LogP contribution is -2.03. The molecule has 112 valence electrons. The molecule has 0 aliphatic rings. The first-order chi connectivity index (χ1) is 10.4.